The van der Waals surface area contributed by atoms with Gasteiger partial charge >= 0.3 is 0 Å². The first-order chi connectivity index (χ1) is 12.1. The van der Waals surface area contributed by atoms with Gasteiger partial charge in [0.2, 0.25) is 5.91 Å². The molecule has 1 aliphatic heterocycles. The fraction of sp³-hybridized carbons (Fsp3) is 0.895. The molecule has 0 aromatic heterocycles. The first kappa shape index (κ1) is 23.5. The van der Waals surface area contributed by atoms with Gasteiger partial charge in [-0.15, -0.1) is 24.0 Å². The largest absolute Gasteiger partial charge is 0.355 e. The fourth-order valence-electron chi connectivity index (χ4n) is 4.16. The molecule has 0 aromatic rings. The average Bonchev–Trinajstić information content (AvgIpc) is 2.94. The first-order valence-corrected chi connectivity index (χ1v) is 9.96. The summed E-state index contributed by atoms with van der Waals surface area (Å²) in [6, 6.07) is 0. The van der Waals surface area contributed by atoms with Gasteiger partial charge in [0, 0.05) is 40.8 Å². The fourth-order valence-corrected chi connectivity index (χ4v) is 4.16. The van der Waals surface area contributed by atoms with Crippen molar-refractivity contribution in [3.05, 3.63) is 0 Å². The Labute approximate surface area is 176 Å². The number of nitrogens with one attached hydrogen (secondary N) is 2. The van der Waals surface area contributed by atoms with Gasteiger partial charge in [0.15, 0.2) is 5.96 Å². The summed E-state index contributed by atoms with van der Waals surface area (Å²) < 4.78 is 0. The molecule has 0 bridgehead atoms. The highest BCUT2D eigenvalue weighted by atomic mass is 127. The second-order valence-corrected chi connectivity index (χ2v) is 7.80. The van der Waals surface area contributed by atoms with Crippen molar-refractivity contribution in [3.63, 3.8) is 0 Å². The van der Waals surface area contributed by atoms with Crippen LogP contribution in [0.5, 0.6) is 0 Å². The third-order valence-electron chi connectivity index (χ3n) is 5.66. The van der Waals surface area contributed by atoms with E-state index >= 15 is 0 Å². The summed E-state index contributed by atoms with van der Waals surface area (Å²) in [4.78, 5) is 21.3. The summed E-state index contributed by atoms with van der Waals surface area (Å²) in [5.74, 6) is 1.06. The van der Waals surface area contributed by atoms with Gasteiger partial charge in [0.05, 0.1) is 5.41 Å². The second-order valence-electron chi connectivity index (χ2n) is 7.80. The molecule has 26 heavy (non-hydrogen) atoms. The predicted octanol–water partition coefficient (Wildman–Crippen LogP) is 2.29. The zero-order chi connectivity index (χ0) is 18.1. The van der Waals surface area contributed by atoms with E-state index < -0.39 is 0 Å². The van der Waals surface area contributed by atoms with E-state index in [2.05, 4.69) is 20.5 Å². The molecule has 0 unspecified atom stereocenters. The zero-order valence-electron chi connectivity index (χ0n) is 16.9. The summed E-state index contributed by atoms with van der Waals surface area (Å²) >= 11 is 0. The lowest BCUT2D eigenvalue weighted by Gasteiger charge is -2.31. The summed E-state index contributed by atoms with van der Waals surface area (Å²) in [5, 5.41) is 6.83. The second kappa shape index (κ2) is 12.0. The standard InChI is InChI=1S/C19H37N5O.HI/c1-20-18(21-12-15-24-13-8-4-5-9-14-24)22-16-19(10-6-7-11-19)17(25)23(2)3;/h4-16H2,1-3H3,(H2,20,21,22);1H. The maximum atomic E-state index is 12.6. The molecule has 1 saturated carbocycles. The van der Waals surface area contributed by atoms with Crippen molar-refractivity contribution in [2.75, 3.05) is 53.9 Å². The number of carbonyl (C=O) groups is 1. The van der Waals surface area contributed by atoms with Crippen molar-refractivity contribution in [2.45, 2.75) is 51.4 Å². The molecule has 6 nitrogen and oxygen atoms in total. The van der Waals surface area contributed by atoms with Crippen LogP contribution in [0, 0.1) is 5.41 Å². The molecule has 7 heteroatoms. The average molecular weight is 479 g/mol. The molecule has 0 spiro atoms. The number of guanidine groups is 1. The van der Waals surface area contributed by atoms with E-state index in [1.165, 1.54) is 38.8 Å². The van der Waals surface area contributed by atoms with Crippen LogP contribution < -0.4 is 10.6 Å². The van der Waals surface area contributed by atoms with Crippen LogP contribution >= 0.6 is 24.0 Å². The normalized spacial score (nSPS) is 20.8. The Morgan fingerprint density at radius 1 is 1.04 bits per heavy atom. The van der Waals surface area contributed by atoms with Crippen molar-refractivity contribution in [2.24, 2.45) is 10.4 Å². The molecule has 0 radical (unpaired) electrons. The van der Waals surface area contributed by atoms with Gasteiger partial charge < -0.3 is 20.4 Å². The number of likely N-dealkylation sites (tertiary alicyclic amines) is 1. The lowest BCUT2D eigenvalue weighted by molar-refractivity contribution is -0.138. The minimum Gasteiger partial charge on any atom is -0.355 e. The minimum absolute atomic E-state index is 0. The predicted molar refractivity (Wildman–Crippen MR) is 119 cm³/mol. The molecule has 1 amide bonds. The van der Waals surface area contributed by atoms with Gasteiger partial charge in [-0.1, -0.05) is 25.7 Å². The number of hydrogen-bond acceptors (Lipinski definition) is 3. The monoisotopic (exact) mass is 479 g/mol. The summed E-state index contributed by atoms with van der Waals surface area (Å²) in [6.07, 6.45) is 9.61. The molecule has 1 heterocycles. The molecular formula is C19H38IN5O. The maximum absolute atomic E-state index is 12.6. The van der Waals surface area contributed by atoms with E-state index in [0.717, 1.165) is 44.7 Å². The third-order valence-corrected chi connectivity index (χ3v) is 5.66. The quantitative estimate of drug-likeness (QED) is 0.349. The molecule has 2 aliphatic rings. The maximum Gasteiger partial charge on any atom is 0.230 e. The van der Waals surface area contributed by atoms with E-state index in [0.29, 0.717) is 6.54 Å². The number of hydrogen-bond donors (Lipinski definition) is 2. The SMILES string of the molecule is CN=C(NCCN1CCCCCC1)NCC1(C(=O)N(C)C)CCCC1.I. The Hall–Kier alpha value is -0.570. The Morgan fingerprint density at radius 3 is 2.19 bits per heavy atom. The number of rotatable bonds is 6. The van der Waals surface area contributed by atoms with Crippen molar-refractivity contribution in [3.8, 4) is 0 Å². The van der Waals surface area contributed by atoms with Crippen LogP contribution in [0.2, 0.25) is 0 Å². The smallest absolute Gasteiger partial charge is 0.230 e. The summed E-state index contributed by atoms with van der Waals surface area (Å²) in [7, 11) is 5.52. The van der Waals surface area contributed by atoms with Gasteiger partial charge in [0.1, 0.15) is 0 Å². The molecule has 1 aliphatic carbocycles. The molecule has 0 aromatic carbocycles. The molecular weight excluding hydrogens is 441 g/mol. The Bertz CT molecular complexity index is 441. The van der Waals surface area contributed by atoms with Crippen LogP contribution in [0.15, 0.2) is 4.99 Å². The van der Waals surface area contributed by atoms with Crippen LogP contribution in [0.3, 0.4) is 0 Å². The van der Waals surface area contributed by atoms with Gasteiger partial charge in [-0.25, -0.2) is 0 Å². The van der Waals surface area contributed by atoms with Crippen LogP contribution in [-0.2, 0) is 4.79 Å². The van der Waals surface area contributed by atoms with Crippen molar-refractivity contribution >= 4 is 35.8 Å². The number of carbonyl (C=O) groups excluding carboxylic acids is 1. The van der Waals surface area contributed by atoms with Gasteiger partial charge in [-0.3, -0.25) is 9.79 Å². The Morgan fingerprint density at radius 2 is 1.65 bits per heavy atom. The molecule has 2 N–H and O–H groups in total. The Balaban J connectivity index is 0.00000338. The van der Waals surface area contributed by atoms with Crippen molar-refractivity contribution in [1.29, 1.82) is 0 Å². The lowest BCUT2D eigenvalue weighted by atomic mass is 9.84. The molecule has 2 fully saturated rings. The number of nitrogens with zero attached hydrogens (tertiary/aromatic N) is 3. The number of aliphatic imine (C=N–C) groups is 1. The van der Waals surface area contributed by atoms with Crippen LogP contribution in [0.1, 0.15) is 51.4 Å². The topological polar surface area (TPSA) is 60.0 Å². The van der Waals surface area contributed by atoms with E-state index in [-0.39, 0.29) is 35.3 Å². The highest BCUT2D eigenvalue weighted by molar-refractivity contribution is 14.0. The first-order valence-electron chi connectivity index (χ1n) is 9.96. The number of amides is 1. The summed E-state index contributed by atoms with van der Waals surface area (Å²) in [5.41, 5.74) is -0.258. The molecule has 1 saturated heterocycles. The van der Waals surface area contributed by atoms with Gasteiger partial charge in [0.25, 0.3) is 0 Å². The third kappa shape index (κ3) is 6.87. The van der Waals surface area contributed by atoms with Gasteiger partial charge in [-0.2, -0.15) is 0 Å². The van der Waals surface area contributed by atoms with E-state index in [4.69, 9.17) is 0 Å². The highest BCUT2D eigenvalue weighted by Crippen LogP contribution is 2.38. The minimum atomic E-state index is -0.258. The summed E-state index contributed by atoms with van der Waals surface area (Å²) in [6.45, 7) is 5.06. The molecule has 0 atom stereocenters. The molecule has 152 valence electrons. The number of halogens is 1. The zero-order valence-corrected chi connectivity index (χ0v) is 19.2. The van der Waals surface area contributed by atoms with E-state index in [1.54, 1.807) is 11.9 Å². The van der Waals surface area contributed by atoms with Crippen LogP contribution in [-0.4, -0.2) is 75.5 Å². The van der Waals surface area contributed by atoms with Crippen molar-refractivity contribution in [1.82, 2.24) is 20.4 Å². The van der Waals surface area contributed by atoms with Crippen molar-refractivity contribution < 1.29 is 4.79 Å². The Kier molecular flexibility index (Phi) is 10.8. The van der Waals surface area contributed by atoms with E-state index in [9.17, 15) is 4.79 Å². The van der Waals surface area contributed by atoms with E-state index in [1.807, 2.05) is 14.1 Å². The van der Waals surface area contributed by atoms with Crippen LogP contribution in [0.4, 0.5) is 0 Å². The lowest BCUT2D eigenvalue weighted by Crippen LogP contribution is -2.50. The van der Waals surface area contributed by atoms with Gasteiger partial charge in [-0.05, 0) is 38.8 Å². The highest BCUT2D eigenvalue weighted by Gasteiger charge is 2.42. The van der Waals surface area contributed by atoms with Crippen LogP contribution in [0.25, 0.3) is 0 Å². The molecule has 2 rings (SSSR count).